The molecule has 0 bridgehead atoms. The van der Waals surface area contributed by atoms with Crippen molar-refractivity contribution in [2.75, 3.05) is 6.61 Å². The van der Waals surface area contributed by atoms with Crippen molar-refractivity contribution in [1.29, 1.82) is 0 Å². The van der Waals surface area contributed by atoms with Crippen LogP contribution in [-0.4, -0.2) is 33.1 Å². The van der Waals surface area contributed by atoms with Gasteiger partial charge in [0, 0.05) is 6.20 Å². The molecule has 0 radical (unpaired) electrons. The van der Waals surface area contributed by atoms with Crippen LogP contribution in [0, 0.1) is 6.92 Å². The SMILES string of the molecule is Cc1c(C(=O)OCC(=O)c2ccc(Cl)s2)cnn1-c1ccc(C(F)(F)F)cn1. The molecule has 6 nitrogen and oxygen atoms in total. The summed E-state index contributed by atoms with van der Waals surface area (Å²) >= 11 is 6.83. The van der Waals surface area contributed by atoms with E-state index < -0.39 is 30.1 Å². The molecule has 0 fully saturated rings. The molecule has 0 N–H and O–H groups in total. The largest absolute Gasteiger partial charge is 0.454 e. The number of halogens is 4. The first-order chi connectivity index (χ1) is 13.2. The summed E-state index contributed by atoms with van der Waals surface area (Å²) in [5, 5.41) is 3.96. The van der Waals surface area contributed by atoms with Gasteiger partial charge in [-0.1, -0.05) is 11.6 Å². The van der Waals surface area contributed by atoms with E-state index in [1.54, 1.807) is 6.07 Å². The fourth-order valence-electron chi connectivity index (χ4n) is 2.26. The Labute approximate surface area is 165 Å². The summed E-state index contributed by atoms with van der Waals surface area (Å²) in [6.45, 7) is 1.06. The van der Waals surface area contributed by atoms with E-state index in [0.29, 0.717) is 21.1 Å². The molecule has 0 amide bonds. The lowest BCUT2D eigenvalue weighted by Crippen LogP contribution is -2.14. The molecule has 0 saturated heterocycles. The van der Waals surface area contributed by atoms with Crippen molar-refractivity contribution in [1.82, 2.24) is 14.8 Å². The quantitative estimate of drug-likeness (QED) is 0.445. The minimum absolute atomic E-state index is 0.0682. The van der Waals surface area contributed by atoms with Gasteiger partial charge in [-0.05, 0) is 31.2 Å². The van der Waals surface area contributed by atoms with E-state index in [1.807, 2.05) is 0 Å². The molecule has 3 heterocycles. The fourth-order valence-corrected chi connectivity index (χ4v) is 3.23. The predicted octanol–water partition coefficient (Wildman–Crippen LogP) is 4.35. The summed E-state index contributed by atoms with van der Waals surface area (Å²) in [5.41, 5.74) is -0.518. The standard InChI is InChI=1S/C17H11ClF3N3O3S/c1-9-11(16(26)27-8-12(25)13-3-4-14(18)28-13)7-23-24(9)15-5-2-10(6-22-15)17(19,20)21/h2-7H,8H2,1H3. The third kappa shape index (κ3) is 4.23. The van der Waals surface area contributed by atoms with Crippen molar-refractivity contribution < 1.29 is 27.5 Å². The Hall–Kier alpha value is -2.72. The molecule has 28 heavy (non-hydrogen) atoms. The third-order valence-corrected chi connectivity index (χ3v) is 4.98. The van der Waals surface area contributed by atoms with Crippen LogP contribution >= 0.6 is 22.9 Å². The van der Waals surface area contributed by atoms with Gasteiger partial charge in [-0.25, -0.2) is 14.5 Å². The van der Waals surface area contributed by atoms with Crippen LogP contribution in [-0.2, 0) is 10.9 Å². The van der Waals surface area contributed by atoms with Crippen LogP contribution in [0.1, 0.15) is 31.3 Å². The average molecular weight is 430 g/mol. The summed E-state index contributed by atoms with van der Waals surface area (Å²) in [6, 6.07) is 5.10. The summed E-state index contributed by atoms with van der Waals surface area (Å²) in [4.78, 5) is 28.3. The van der Waals surface area contributed by atoms with Gasteiger partial charge < -0.3 is 4.74 Å². The zero-order valence-corrected chi connectivity index (χ0v) is 15.7. The molecule has 11 heteroatoms. The van der Waals surface area contributed by atoms with E-state index in [0.717, 1.165) is 23.5 Å². The predicted molar refractivity (Wildman–Crippen MR) is 95.0 cm³/mol. The summed E-state index contributed by atoms with van der Waals surface area (Å²) in [5.74, 6) is -1.08. The second kappa shape index (κ2) is 7.72. The lowest BCUT2D eigenvalue weighted by atomic mass is 10.2. The number of thiophene rings is 1. The highest BCUT2D eigenvalue weighted by Crippen LogP contribution is 2.29. The zero-order valence-electron chi connectivity index (χ0n) is 14.2. The van der Waals surface area contributed by atoms with Crippen LogP contribution in [0.3, 0.4) is 0 Å². The highest BCUT2D eigenvalue weighted by Gasteiger charge is 2.31. The highest BCUT2D eigenvalue weighted by molar-refractivity contribution is 7.18. The molecule has 0 saturated carbocycles. The first kappa shape index (κ1) is 20.0. The average Bonchev–Trinajstić information content (AvgIpc) is 3.24. The minimum Gasteiger partial charge on any atom is -0.454 e. The van der Waals surface area contributed by atoms with Crippen molar-refractivity contribution in [3.8, 4) is 5.82 Å². The molecular formula is C17H11ClF3N3O3S. The van der Waals surface area contributed by atoms with E-state index in [1.165, 1.54) is 23.9 Å². The summed E-state index contributed by atoms with van der Waals surface area (Å²) in [6.07, 6.45) is -2.62. The molecule has 0 unspecified atom stereocenters. The zero-order chi connectivity index (χ0) is 20.5. The number of hydrogen-bond acceptors (Lipinski definition) is 6. The Kier molecular flexibility index (Phi) is 5.52. The Bertz CT molecular complexity index is 1030. The van der Waals surface area contributed by atoms with Gasteiger partial charge in [-0.15, -0.1) is 11.3 Å². The van der Waals surface area contributed by atoms with Gasteiger partial charge >= 0.3 is 12.1 Å². The Balaban J connectivity index is 1.71. The molecule has 0 aromatic carbocycles. The van der Waals surface area contributed by atoms with Crippen LogP contribution < -0.4 is 0 Å². The maximum atomic E-state index is 12.6. The van der Waals surface area contributed by atoms with Crippen molar-refractivity contribution in [2.24, 2.45) is 0 Å². The number of alkyl halides is 3. The Morgan fingerprint density at radius 1 is 1.21 bits per heavy atom. The van der Waals surface area contributed by atoms with E-state index >= 15 is 0 Å². The number of hydrogen-bond donors (Lipinski definition) is 0. The molecule has 146 valence electrons. The van der Waals surface area contributed by atoms with Gasteiger partial charge in [0.1, 0.15) is 5.56 Å². The molecular weight excluding hydrogens is 419 g/mol. The van der Waals surface area contributed by atoms with Crippen LogP contribution in [0.4, 0.5) is 13.2 Å². The van der Waals surface area contributed by atoms with Gasteiger partial charge in [0.2, 0.25) is 5.78 Å². The van der Waals surface area contributed by atoms with Crippen molar-refractivity contribution >= 4 is 34.7 Å². The number of carbonyl (C=O) groups is 2. The number of pyridine rings is 1. The molecule has 0 atom stereocenters. The lowest BCUT2D eigenvalue weighted by molar-refractivity contribution is -0.137. The van der Waals surface area contributed by atoms with Crippen molar-refractivity contribution in [2.45, 2.75) is 13.1 Å². The van der Waals surface area contributed by atoms with Crippen molar-refractivity contribution in [3.63, 3.8) is 0 Å². The molecule has 0 spiro atoms. The van der Waals surface area contributed by atoms with E-state index in [-0.39, 0.29) is 11.4 Å². The first-order valence-corrected chi connectivity index (χ1v) is 8.90. The summed E-state index contributed by atoms with van der Waals surface area (Å²) < 4.78 is 44.5. The van der Waals surface area contributed by atoms with Crippen molar-refractivity contribution in [3.05, 3.63) is 62.7 Å². The third-order valence-electron chi connectivity index (χ3n) is 3.70. The number of nitrogens with zero attached hydrogens (tertiary/aromatic N) is 3. The molecule has 0 aliphatic rings. The monoisotopic (exact) mass is 429 g/mol. The smallest absolute Gasteiger partial charge is 0.417 e. The van der Waals surface area contributed by atoms with Gasteiger partial charge in [-0.3, -0.25) is 4.79 Å². The molecule has 3 rings (SSSR count). The molecule has 3 aromatic rings. The van der Waals surface area contributed by atoms with Crippen LogP contribution in [0.15, 0.2) is 36.7 Å². The van der Waals surface area contributed by atoms with E-state index in [9.17, 15) is 22.8 Å². The molecule has 0 aliphatic carbocycles. The summed E-state index contributed by atoms with van der Waals surface area (Å²) in [7, 11) is 0. The number of esters is 1. The van der Waals surface area contributed by atoms with Gasteiger partial charge in [0.15, 0.2) is 12.4 Å². The maximum Gasteiger partial charge on any atom is 0.417 e. The van der Waals surface area contributed by atoms with Crippen LogP contribution in [0.25, 0.3) is 5.82 Å². The number of aromatic nitrogens is 3. The second-order valence-electron chi connectivity index (χ2n) is 5.56. The topological polar surface area (TPSA) is 74.1 Å². The molecule has 3 aromatic heterocycles. The minimum atomic E-state index is -4.50. The lowest BCUT2D eigenvalue weighted by Gasteiger charge is -2.08. The maximum absolute atomic E-state index is 12.6. The van der Waals surface area contributed by atoms with E-state index in [4.69, 9.17) is 16.3 Å². The highest BCUT2D eigenvalue weighted by atomic mass is 35.5. The Morgan fingerprint density at radius 2 is 1.96 bits per heavy atom. The number of ether oxygens (including phenoxy) is 1. The van der Waals surface area contributed by atoms with Crippen LogP contribution in [0.2, 0.25) is 4.34 Å². The van der Waals surface area contributed by atoms with Gasteiger partial charge in [-0.2, -0.15) is 18.3 Å². The normalized spacial score (nSPS) is 11.5. The van der Waals surface area contributed by atoms with E-state index in [2.05, 4.69) is 10.1 Å². The number of rotatable bonds is 5. The van der Waals surface area contributed by atoms with Gasteiger partial charge in [0.05, 0.1) is 26.7 Å². The second-order valence-corrected chi connectivity index (χ2v) is 7.28. The molecule has 0 aliphatic heterocycles. The number of ketones is 1. The first-order valence-electron chi connectivity index (χ1n) is 7.70. The fraction of sp³-hybridized carbons (Fsp3) is 0.176. The number of Topliss-reactive ketones (excluding diaryl/α,β-unsaturated/α-hetero) is 1. The van der Waals surface area contributed by atoms with Gasteiger partial charge in [0.25, 0.3) is 0 Å². The van der Waals surface area contributed by atoms with Crippen LogP contribution in [0.5, 0.6) is 0 Å². The number of carbonyl (C=O) groups excluding carboxylic acids is 2. The Morgan fingerprint density at radius 3 is 2.54 bits per heavy atom.